The molecular formula is C21H14N2O2. The van der Waals surface area contributed by atoms with Crippen molar-refractivity contribution in [3.63, 3.8) is 0 Å². The fraction of sp³-hybridized carbons (Fsp3) is 0.0476. The summed E-state index contributed by atoms with van der Waals surface area (Å²) < 4.78 is 1.77. The fourth-order valence-electron chi connectivity index (χ4n) is 3.26. The van der Waals surface area contributed by atoms with Crippen molar-refractivity contribution < 1.29 is 9.90 Å². The molecule has 4 aromatic rings. The maximum Gasteiger partial charge on any atom is 0.352 e. The first-order chi connectivity index (χ1) is 12.2. The SMILES string of the molecule is [C-]#[N+]c1ccc2cc(C(=O)O)n(Cc3cccc4ccccc34)c2c1. The van der Waals surface area contributed by atoms with Crippen molar-refractivity contribution in [2.45, 2.75) is 6.54 Å². The van der Waals surface area contributed by atoms with Crippen molar-refractivity contribution in [3.05, 3.63) is 89.4 Å². The van der Waals surface area contributed by atoms with Crippen LogP contribution >= 0.6 is 0 Å². The lowest BCUT2D eigenvalue weighted by Gasteiger charge is -2.11. The van der Waals surface area contributed by atoms with Gasteiger partial charge >= 0.3 is 5.97 Å². The molecule has 0 saturated carbocycles. The number of fused-ring (bicyclic) bond motifs is 2. The number of carbonyl (C=O) groups is 1. The lowest BCUT2D eigenvalue weighted by atomic mass is 10.0. The van der Waals surface area contributed by atoms with Crippen LogP contribution in [0.5, 0.6) is 0 Å². The largest absolute Gasteiger partial charge is 0.477 e. The molecule has 0 radical (unpaired) electrons. The normalized spacial score (nSPS) is 10.8. The van der Waals surface area contributed by atoms with E-state index >= 15 is 0 Å². The summed E-state index contributed by atoms with van der Waals surface area (Å²) in [6.45, 7) is 7.65. The van der Waals surface area contributed by atoms with Crippen molar-refractivity contribution in [3.8, 4) is 0 Å². The van der Waals surface area contributed by atoms with Gasteiger partial charge in [0.25, 0.3) is 0 Å². The fourth-order valence-corrected chi connectivity index (χ4v) is 3.26. The van der Waals surface area contributed by atoms with Gasteiger partial charge in [-0.3, -0.25) is 0 Å². The molecule has 1 aromatic heterocycles. The third-order valence-corrected chi connectivity index (χ3v) is 4.44. The third-order valence-electron chi connectivity index (χ3n) is 4.44. The van der Waals surface area contributed by atoms with Crippen molar-refractivity contribution in [2.24, 2.45) is 0 Å². The highest BCUT2D eigenvalue weighted by atomic mass is 16.4. The Kier molecular flexibility index (Phi) is 3.48. The first-order valence-corrected chi connectivity index (χ1v) is 7.88. The second kappa shape index (κ2) is 5.81. The van der Waals surface area contributed by atoms with Gasteiger partial charge in [0.1, 0.15) is 5.69 Å². The van der Waals surface area contributed by atoms with E-state index in [2.05, 4.69) is 4.85 Å². The lowest BCUT2D eigenvalue weighted by molar-refractivity contribution is 0.0686. The summed E-state index contributed by atoms with van der Waals surface area (Å²) in [6, 6.07) is 21.0. The van der Waals surface area contributed by atoms with Crippen LogP contribution in [0.4, 0.5) is 5.69 Å². The quantitative estimate of drug-likeness (QED) is 0.533. The van der Waals surface area contributed by atoms with Gasteiger partial charge in [-0.15, -0.1) is 0 Å². The number of benzene rings is 3. The van der Waals surface area contributed by atoms with Crippen molar-refractivity contribution in [1.82, 2.24) is 4.57 Å². The predicted octanol–water partition coefficient (Wildman–Crippen LogP) is 5.09. The van der Waals surface area contributed by atoms with Gasteiger partial charge in [0.15, 0.2) is 5.69 Å². The van der Waals surface area contributed by atoms with Gasteiger partial charge in [-0.2, -0.15) is 0 Å². The zero-order valence-corrected chi connectivity index (χ0v) is 13.3. The van der Waals surface area contributed by atoms with Gasteiger partial charge in [0.05, 0.1) is 6.57 Å². The second-order valence-electron chi connectivity index (χ2n) is 5.91. The number of hydrogen-bond acceptors (Lipinski definition) is 1. The minimum Gasteiger partial charge on any atom is -0.477 e. The molecule has 0 saturated heterocycles. The van der Waals surface area contributed by atoms with Gasteiger partial charge in [-0.05, 0) is 33.9 Å². The average molecular weight is 326 g/mol. The minimum atomic E-state index is -0.971. The Bertz CT molecular complexity index is 1160. The molecular weight excluding hydrogens is 312 g/mol. The Morgan fingerprint density at radius 2 is 1.80 bits per heavy atom. The summed E-state index contributed by atoms with van der Waals surface area (Å²) in [6.07, 6.45) is 0. The van der Waals surface area contributed by atoms with Gasteiger partial charge < -0.3 is 9.67 Å². The highest BCUT2D eigenvalue weighted by molar-refractivity contribution is 5.96. The summed E-state index contributed by atoms with van der Waals surface area (Å²) in [4.78, 5) is 15.2. The first kappa shape index (κ1) is 15.0. The van der Waals surface area contributed by atoms with E-state index in [-0.39, 0.29) is 5.69 Å². The molecule has 0 aliphatic rings. The summed E-state index contributed by atoms with van der Waals surface area (Å²) >= 11 is 0. The van der Waals surface area contributed by atoms with Crippen molar-refractivity contribution in [2.75, 3.05) is 0 Å². The molecule has 1 heterocycles. The molecule has 4 rings (SSSR count). The van der Waals surface area contributed by atoms with Crippen LogP contribution in [0.25, 0.3) is 26.5 Å². The molecule has 0 unspecified atom stereocenters. The van der Waals surface area contributed by atoms with Crippen LogP contribution in [0.2, 0.25) is 0 Å². The van der Waals surface area contributed by atoms with Crippen LogP contribution in [-0.4, -0.2) is 15.6 Å². The predicted molar refractivity (Wildman–Crippen MR) is 98.2 cm³/mol. The van der Waals surface area contributed by atoms with Gasteiger partial charge in [0, 0.05) is 12.1 Å². The van der Waals surface area contributed by atoms with Crippen LogP contribution in [0, 0.1) is 6.57 Å². The average Bonchev–Trinajstić information content (AvgIpc) is 3.00. The number of carboxylic acid groups (broad SMARTS) is 1. The van der Waals surface area contributed by atoms with Crippen LogP contribution in [0.1, 0.15) is 16.1 Å². The maximum absolute atomic E-state index is 11.7. The van der Waals surface area contributed by atoms with Crippen LogP contribution in [0.3, 0.4) is 0 Å². The van der Waals surface area contributed by atoms with E-state index < -0.39 is 5.97 Å². The van der Waals surface area contributed by atoms with Crippen LogP contribution in [0.15, 0.2) is 66.7 Å². The van der Waals surface area contributed by atoms with Gasteiger partial charge in [-0.25, -0.2) is 9.64 Å². The Hall–Kier alpha value is -3.58. The van der Waals surface area contributed by atoms with Crippen LogP contribution in [-0.2, 0) is 6.54 Å². The zero-order chi connectivity index (χ0) is 17.4. The van der Waals surface area contributed by atoms with E-state index in [9.17, 15) is 9.90 Å². The number of nitrogens with zero attached hydrogens (tertiary/aromatic N) is 2. The molecule has 0 amide bonds. The topological polar surface area (TPSA) is 46.6 Å². The highest BCUT2D eigenvalue weighted by Gasteiger charge is 2.16. The molecule has 25 heavy (non-hydrogen) atoms. The summed E-state index contributed by atoms with van der Waals surface area (Å²) in [5.74, 6) is -0.971. The van der Waals surface area contributed by atoms with E-state index in [1.54, 1.807) is 28.8 Å². The molecule has 0 aliphatic heterocycles. The number of hydrogen-bond donors (Lipinski definition) is 1. The van der Waals surface area contributed by atoms with E-state index in [1.807, 2.05) is 42.5 Å². The molecule has 0 fully saturated rings. The summed E-state index contributed by atoms with van der Waals surface area (Å²) in [7, 11) is 0. The standard InChI is InChI=1S/C21H14N2O2/c1-22-17-10-9-15-11-20(21(24)25)23(19(15)12-17)13-16-7-4-6-14-5-2-3-8-18(14)16/h2-12H,13H2,(H,24,25). The Balaban J connectivity index is 1.94. The Labute approximate surface area is 144 Å². The maximum atomic E-state index is 11.7. The number of rotatable bonds is 3. The van der Waals surface area contributed by atoms with E-state index in [1.165, 1.54) is 0 Å². The molecule has 0 bridgehead atoms. The molecule has 3 aromatic carbocycles. The second-order valence-corrected chi connectivity index (χ2v) is 5.91. The highest BCUT2D eigenvalue weighted by Crippen LogP contribution is 2.28. The van der Waals surface area contributed by atoms with E-state index in [0.29, 0.717) is 12.2 Å². The van der Waals surface area contributed by atoms with Crippen molar-refractivity contribution in [1.29, 1.82) is 0 Å². The molecule has 0 aliphatic carbocycles. The Morgan fingerprint density at radius 1 is 1.00 bits per heavy atom. The Morgan fingerprint density at radius 3 is 2.60 bits per heavy atom. The number of carboxylic acids is 1. The molecule has 4 heteroatoms. The first-order valence-electron chi connectivity index (χ1n) is 7.88. The lowest BCUT2D eigenvalue weighted by Crippen LogP contribution is -2.09. The molecule has 0 spiro atoms. The summed E-state index contributed by atoms with van der Waals surface area (Å²) in [5, 5.41) is 12.6. The molecule has 0 atom stereocenters. The van der Waals surface area contributed by atoms with Gasteiger partial charge in [-0.1, -0.05) is 54.6 Å². The third kappa shape index (κ3) is 2.52. The molecule has 120 valence electrons. The molecule has 4 nitrogen and oxygen atoms in total. The monoisotopic (exact) mass is 326 g/mol. The number of aromatic nitrogens is 1. The smallest absolute Gasteiger partial charge is 0.352 e. The van der Waals surface area contributed by atoms with Crippen molar-refractivity contribution >= 4 is 33.3 Å². The van der Waals surface area contributed by atoms with Crippen LogP contribution < -0.4 is 0 Å². The zero-order valence-electron chi connectivity index (χ0n) is 13.3. The van der Waals surface area contributed by atoms with Gasteiger partial charge in [0.2, 0.25) is 0 Å². The number of aromatic carboxylic acids is 1. The minimum absolute atomic E-state index is 0.227. The summed E-state index contributed by atoms with van der Waals surface area (Å²) in [5.41, 5.74) is 2.54. The molecule has 1 N–H and O–H groups in total. The van der Waals surface area contributed by atoms with E-state index in [4.69, 9.17) is 6.57 Å². The van der Waals surface area contributed by atoms with E-state index in [0.717, 1.165) is 27.2 Å².